The van der Waals surface area contributed by atoms with E-state index in [-0.39, 0.29) is 11.1 Å². The van der Waals surface area contributed by atoms with E-state index in [4.69, 9.17) is 16.0 Å². The number of halogens is 1. The van der Waals surface area contributed by atoms with Crippen molar-refractivity contribution in [1.29, 1.82) is 0 Å². The molecule has 1 saturated heterocycles. The molecule has 1 aliphatic heterocycles. The van der Waals surface area contributed by atoms with Crippen LogP contribution in [0.1, 0.15) is 29.6 Å². The monoisotopic (exact) mass is 256 g/mol. The minimum atomic E-state index is -0.166. The lowest BCUT2D eigenvalue weighted by atomic mass is 10.1. The summed E-state index contributed by atoms with van der Waals surface area (Å²) in [7, 11) is 0. The number of amides is 1. The van der Waals surface area contributed by atoms with Crippen molar-refractivity contribution in [2.45, 2.75) is 19.3 Å². The average Bonchev–Trinajstić information content (AvgIpc) is 2.77. The molecule has 1 aliphatic rings. The fraction of sp³-hybridized carbons (Fsp3) is 0.583. The predicted octanol–water partition coefficient (Wildman–Crippen LogP) is 2.15. The lowest BCUT2D eigenvalue weighted by Gasteiger charge is -2.26. The zero-order valence-corrected chi connectivity index (χ0v) is 10.5. The van der Waals surface area contributed by atoms with Crippen molar-refractivity contribution in [3.05, 3.63) is 23.1 Å². The van der Waals surface area contributed by atoms with E-state index in [9.17, 15) is 4.79 Å². The molecule has 1 amide bonds. The fourth-order valence-corrected chi connectivity index (χ4v) is 2.26. The van der Waals surface area contributed by atoms with Gasteiger partial charge in [0.25, 0.3) is 5.91 Å². The van der Waals surface area contributed by atoms with Crippen LogP contribution in [0.3, 0.4) is 0 Å². The number of furan rings is 1. The molecule has 1 fully saturated rings. The first-order valence-corrected chi connectivity index (χ1v) is 6.39. The Morgan fingerprint density at radius 1 is 1.41 bits per heavy atom. The molecule has 1 aromatic heterocycles. The van der Waals surface area contributed by atoms with Crippen LogP contribution in [0.4, 0.5) is 0 Å². The van der Waals surface area contributed by atoms with Gasteiger partial charge in [-0.1, -0.05) is 6.42 Å². The normalized spacial score (nSPS) is 17.0. The molecule has 0 atom stereocenters. The molecule has 0 unspecified atom stereocenters. The van der Waals surface area contributed by atoms with Crippen molar-refractivity contribution in [2.75, 3.05) is 26.2 Å². The molecule has 17 heavy (non-hydrogen) atoms. The van der Waals surface area contributed by atoms with E-state index in [1.165, 1.54) is 25.5 Å². The van der Waals surface area contributed by atoms with E-state index < -0.39 is 0 Å². The van der Waals surface area contributed by atoms with Gasteiger partial charge < -0.3 is 14.6 Å². The van der Waals surface area contributed by atoms with Crippen LogP contribution in [0.25, 0.3) is 0 Å². The number of carbonyl (C=O) groups excluding carboxylic acids is 1. The summed E-state index contributed by atoms with van der Waals surface area (Å²) >= 11 is 5.72. The summed E-state index contributed by atoms with van der Waals surface area (Å²) in [6.45, 7) is 3.84. The lowest BCUT2D eigenvalue weighted by Crippen LogP contribution is -2.37. The van der Waals surface area contributed by atoms with Gasteiger partial charge in [0, 0.05) is 13.1 Å². The largest absolute Gasteiger partial charge is 0.452 e. The van der Waals surface area contributed by atoms with Crippen LogP contribution in [0.2, 0.25) is 5.22 Å². The number of rotatable bonds is 4. The Hall–Kier alpha value is -1.00. The highest BCUT2D eigenvalue weighted by molar-refractivity contribution is 6.32. The highest BCUT2D eigenvalue weighted by Crippen LogP contribution is 2.16. The van der Waals surface area contributed by atoms with Gasteiger partial charge in [-0.05, 0) is 43.6 Å². The Morgan fingerprint density at radius 2 is 2.18 bits per heavy atom. The third kappa shape index (κ3) is 3.48. The number of likely N-dealkylation sites (tertiary alicyclic amines) is 1. The second kappa shape index (κ2) is 6.07. The van der Waals surface area contributed by atoms with Gasteiger partial charge >= 0.3 is 0 Å². The van der Waals surface area contributed by atoms with E-state index in [0.29, 0.717) is 12.1 Å². The smallest absolute Gasteiger partial charge is 0.256 e. The minimum Gasteiger partial charge on any atom is -0.452 e. The Morgan fingerprint density at radius 3 is 2.82 bits per heavy atom. The number of piperidine rings is 1. The van der Waals surface area contributed by atoms with Gasteiger partial charge in [-0.15, -0.1) is 0 Å². The summed E-state index contributed by atoms with van der Waals surface area (Å²) in [5, 5.41) is 3.00. The van der Waals surface area contributed by atoms with E-state index in [1.54, 1.807) is 6.07 Å². The van der Waals surface area contributed by atoms with Gasteiger partial charge in [0.05, 0.1) is 11.8 Å². The predicted molar refractivity (Wildman–Crippen MR) is 66.3 cm³/mol. The van der Waals surface area contributed by atoms with Crippen molar-refractivity contribution in [3.8, 4) is 0 Å². The molecule has 1 N–H and O–H groups in total. The van der Waals surface area contributed by atoms with Crippen molar-refractivity contribution in [2.24, 2.45) is 0 Å². The van der Waals surface area contributed by atoms with Gasteiger partial charge in [-0.2, -0.15) is 0 Å². The standard InChI is InChI=1S/C12H17ClN2O2/c13-11-10(4-9-17-11)12(16)14-5-8-15-6-2-1-3-7-15/h4,9H,1-3,5-8H2,(H,14,16). The molecule has 2 heterocycles. The van der Waals surface area contributed by atoms with Crippen molar-refractivity contribution >= 4 is 17.5 Å². The van der Waals surface area contributed by atoms with Crippen LogP contribution in [0, 0.1) is 0 Å². The van der Waals surface area contributed by atoms with Crippen molar-refractivity contribution in [3.63, 3.8) is 0 Å². The lowest BCUT2D eigenvalue weighted by molar-refractivity contribution is 0.0946. The van der Waals surface area contributed by atoms with Crippen molar-refractivity contribution in [1.82, 2.24) is 10.2 Å². The quantitative estimate of drug-likeness (QED) is 0.898. The third-order valence-electron chi connectivity index (χ3n) is 3.02. The number of hydrogen-bond acceptors (Lipinski definition) is 3. The maximum Gasteiger partial charge on any atom is 0.256 e. The molecule has 0 aromatic carbocycles. The summed E-state index contributed by atoms with van der Waals surface area (Å²) in [4.78, 5) is 14.1. The van der Waals surface area contributed by atoms with Crippen LogP contribution in [-0.4, -0.2) is 37.0 Å². The Bertz CT molecular complexity index is 372. The topological polar surface area (TPSA) is 45.5 Å². The van der Waals surface area contributed by atoms with E-state index in [2.05, 4.69) is 10.2 Å². The molecule has 5 heteroatoms. The van der Waals surface area contributed by atoms with Crippen LogP contribution in [0.15, 0.2) is 16.7 Å². The molecular formula is C12H17ClN2O2. The second-order valence-electron chi connectivity index (χ2n) is 4.27. The van der Waals surface area contributed by atoms with Crippen molar-refractivity contribution < 1.29 is 9.21 Å². The maximum absolute atomic E-state index is 11.7. The van der Waals surface area contributed by atoms with Gasteiger partial charge in [0.2, 0.25) is 5.22 Å². The zero-order valence-electron chi connectivity index (χ0n) is 9.75. The Balaban J connectivity index is 1.71. The summed E-state index contributed by atoms with van der Waals surface area (Å²) in [5.74, 6) is -0.166. The molecule has 1 aromatic rings. The van der Waals surface area contributed by atoms with Gasteiger partial charge in [0.15, 0.2) is 0 Å². The Labute approximate surface area is 106 Å². The molecule has 94 valence electrons. The molecular weight excluding hydrogens is 240 g/mol. The van der Waals surface area contributed by atoms with Gasteiger partial charge in [-0.3, -0.25) is 4.79 Å². The molecule has 0 radical (unpaired) electrons. The number of carbonyl (C=O) groups is 1. The minimum absolute atomic E-state index is 0.153. The zero-order chi connectivity index (χ0) is 12.1. The third-order valence-corrected chi connectivity index (χ3v) is 3.32. The Kier molecular flexibility index (Phi) is 4.45. The first-order valence-electron chi connectivity index (χ1n) is 6.01. The first kappa shape index (κ1) is 12.5. The number of nitrogens with one attached hydrogen (secondary N) is 1. The number of nitrogens with zero attached hydrogens (tertiary/aromatic N) is 1. The van der Waals surface area contributed by atoms with Gasteiger partial charge in [0.1, 0.15) is 0 Å². The second-order valence-corrected chi connectivity index (χ2v) is 4.61. The summed E-state index contributed by atoms with van der Waals surface area (Å²) in [6.07, 6.45) is 5.28. The van der Waals surface area contributed by atoms with Crippen LogP contribution >= 0.6 is 11.6 Å². The summed E-state index contributed by atoms with van der Waals surface area (Å²) in [6, 6.07) is 1.58. The van der Waals surface area contributed by atoms with E-state index in [1.807, 2.05) is 0 Å². The average molecular weight is 257 g/mol. The van der Waals surface area contributed by atoms with Gasteiger partial charge in [-0.25, -0.2) is 0 Å². The van der Waals surface area contributed by atoms with E-state index >= 15 is 0 Å². The number of hydrogen-bond donors (Lipinski definition) is 1. The molecule has 0 spiro atoms. The molecule has 0 saturated carbocycles. The summed E-state index contributed by atoms with van der Waals surface area (Å²) < 4.78 is 4.88. The van der Waals surface area contributed by atoms with Crippen LogP contribution < -0.4 is 5.32 Å². The molecule has 0 aliphatic carbocycles. The first-order chi connectivity index (χ1) is 8.27. The highest BCUT2D eigenvalue weighted by atomic mass is 35.5. The molecule has 4 nitrogen and oxygen atoms in total. The SMILES string of the molecule is O=C(NCCN1CCCCC1)c1ccoc1Cl. The maximum atomic E-state index is 11.7. The van der Waals surface area contributed by atoms with E-state index in [0.717, 1.165) is 19.6 Å². The summed E-state index contributed by atoms with van der Waals surface area (Å²) in [5.41, 5.74) is 0.408. The highest BCUT2D eigenvalue weighted by Gasteiger charge is 2.13. The molecule has 2 rings (SSSR count). The molecule has 0 bridgehead atoms. The van der Waals surface area contributed by atoms with Crippen LogP contribution in [-0.2, 0) is 0 Å². The fourth-order valence-electron chi connectivity index (χ4n) is 2.06. The van der Waals surface area contributed by atoms with Crippen LogP contribution in [0.5, 0.6) is 0 Å².